The number of benzene rings is 10. The molecule has 0 aliphatic carbocycles. The Labute approximate surface area is 523 Å². The molecule has 12 rings (SSSR count). The molecule has 0 atom stereocenters. The molecule has 0 bridgehead atoms. The van der Waals surface area contributed by atoms with Crippen LogP contribution in [0.25, 0.3) is 89.4 Å². The van der Waals surface area contributed by atoms with E-state index in [2.05, 4.69) is 168 Å². The summed E-state index contributed by atoms with van der Waals surface area (Å²) in [6, 6.07) is 69.8. The minimum Gasteiger partial charge on any atom is -0.397 e. The van der Waals surface area contributed by atoms with Crippen molar-refractivity contribution in [2.75, 3.05) is 22.9 Å². The molecule has 0 fully saturated rings. The average molecular weight is 1460 g/mol. The van der Waals surface area contributed by atoms with Crippen molar-refractivity contribution in [1.82, 2.24) is 19.9 Å². The maximum Gasteiger partial charge on any atom is 0.233 e. The Morgan fingerprint density at radius 1 is 0.244 bits per heavy atom. The third kappa shape index (κ3) is 13.6. The van der Waals surface area contributed by atoms with Gasteiger partial charge in [-0.2, -0.15) is 0 Å². The van der Waals surface area contributed by atoms with Gasteiger partial charge in [0.15, 0.2) is 0 Å². The SMILES string of the molecule is Brc1ccc(-c2nc3ccc(-c4ccc5nc(-c6ccc(Br)cc6)c(-c6ccc(Br)cc6)nc5c4)cc3nc2-c2ccc(Br)cc2)cc1.Nc1ccc(-c2ccc(N)c(N)c2)cc1N.O=C(C(=O)c1ccc(Br)cc1)c1ccc(Br)cc1. The Kier molecular flexibility index (Phi) is 18.0. The number of nitrogens with zero attached hydrogens (tertiary/aromatic N) is 4. The Hall–Kier alpha value is -7.70. The van der Waals surface area contributed by atoms with Crippen LogP contribution >= 0.6 is 95.6 Å². The standard InChI is InChI=1S/C40H22Br4N4.C14H8Br2O2.C12H14N4/c41-29-11-1-23(2-12-29)37-39(25-5-15-31(43)16-6-25)47-35-21-27(9-19-33(35)45-37)28-10-20-34-36(22-28)48-40(26-7-17-32(44)18-8-26)38(46-34)24-3-13-30(42)14-4-24;15-11-5-1-9(2-6-11)13(17)14(18)10-3-7-12(16)8-4-10;13-9-3-1-7(5-11(9)15)8-2-4-10(14)12(16)6-8/h1-22H;1-8H;1-6H,13-16H2. The van der Waals surface area contributed by atoms with Crippen molar-refractivity contribution >= 4 is 152 Å². The molecular weight excluding hydrogens is 1420 g/mol. The second kappa shape index (κ2) is 25.6. The zero-order chi connectivity index (χ0) is 57.6. The number of halogens is 6. The van der Waals surface area contributed by atoms with Crippen molar-refractivity contribution in [2.24, 2.45) is 0 Å². The predicted octanol–water partition coefficient (Wildman–Crippen LogP) is 18.9. The molecule has 0 amide bonds. The molecule has 0 radical (unpaired) electrons. The maximum absolute atomic E-state index is 12.0. The van der Waals surface area contributed by atoms with Gasteiger partial charge in [0.25, 0.3) is 0 Å². The first kappa shape index (κ1) is 57.5. The molecule has 12 aromatic rings. The van der Waals surface area contributed by atoms with E-state index in [0.29, 0.717) is 33.9 Å². The number of carbonyl (C=O) groups excluding carboxylic acids is 2. The lowest BCUT2D eigenvalue weighted by Crippen LogP contribution is -2.14. The van der Waals surface area contributed by atoms with Gasteiger partial charge in [-0.25, -0.2) is 19.9 Å². The fraction of sp³-hybridized carbons (Fsp3) is 0. The molecule has 402 valence electrons. The van der Waals surface area contributed by atoms with E-state index in [4.69, 9.17) is 42.9 Å². The van der Waals surface area contributed by atoms with Gasteiger partial charge in [-0.05, 0) is 168 Å². The highest BCUT2D eigenvalue weighted by molar-refractivity contribution is 9.11. The second-order valence-electron chi connectivity index (χ2n) is 18.6. The smallest absolute Gasteiger partial charge is 0.233 e. The van der Waals surface area contributed by atoms with E-state index >= 15 is 0 Å². The predicted molar refractivity (Wildman–Crippen MR) is 357 cm³/mol. The fourth-order valence-electron chi connectivity index (χ4n) is 8.68. The molecule has 0 spiro atoms. The van der Waals surface area contributed by atoms with E-state index < -0.39 is 11.6 Å². The summed E-state index contributed by atoms with van der Waals surface area (Å²) in [5.41, 5.74) is 40.5. The summed E-state index contributed by atoms with van der Waals surface area (Å²) in [7, 11) is 0. The Morgan fingerprint density at radius 3 is 0.732 bits per heavy atom. The second-order valence-corrected chi connectivity index (χ2v) is 24.1. The van der Waals surface area contributed by atoms with Crippen LogP contribution in [-0.4, -0.2) is 31.5 Å². The lowest BCUT2D eigenvalue weighted by molar-refractivity contribution is 0.0817. The van der Waals surface area contributed by atoms with Crippen molar-refractivity contribution in [3.8, 4) is 67.3 Å². The minimum atomic E-state index is -0.496. The summed E-state index contributed by atoms with van der Waals surface area (Å²) < 4.78 is 5.80. The average Bonchev–Trinajstić information content (AvgIpc) is 3.68. The molecule has 82 heavy (non-hydrogen) atoms. The monoisotopic (exact) mass is 1450 g/mol. The molecular formula is C66H44Br6N8O2. The van der Waals surface area contributed by atoms with E-state index in [0.717, 1.165) is 116 Å². The number of nitrogen functional groups attached to an aromatic ring is 4. The third-order valence-electron chi connectivity index (χ3n) is 13.1. The quantitative estimate of drug-likeness (QED) is 0.0615. The third-order valence-corrected chi connectivity index (χ3v) is 16.2. The maximum atomic E-state index is 12.0. The van der Waals surface area contributed by atoms with Crippen LogP contribution in [0.3, 0.4) is 0 Å². The van der Waals surface area contributed by atoms with Crippen molar-refractivity contribution < 1.29 is 9.59 Å². The molecule has 2 heterocycles. The van der Waals surface area contributed by atoms with Gasteiger partial charge in [-0.15, -0.1) is 0 Å². The Morgan fingerprint density at radius 2 is 0.463 bits per heavy atom. The molecule has 2 aromatic heterocycles. The first-order chi connectivity index (χ1) is 39.5. The number of hydrogen-bond acceptors (Lipinski definition) is 10. The first-order valence-electron chi connectivity index (χ1n) is 25.1. The summed E-state index contributed by atoms with van der Waals surface area (Å²) >= 11 is 20.8. The van der Waals surface area contributed by atoms with Gasteiger partial charge in [0, 0.05) is 60.2 Å². The summed E-state index contributed by atoms with van der Waals surface area (Å²) in [5.74, 6) is -0.991. The van der Waals surface area contributed by atoms with Crippen LogP contribution in [0.5, 0.6) is 0 Å². The first-order valence-corrected chi connectivity index (χ1v) is 29.9. The number of ketones is 2. The van der Waals surface area contributed by atoms with Gasteiger partial charge in [0.2, 0.25) is 11.6 Å². The molecule has 16 heteroatoms. The van der Waals surface area contributed by atoms with Crippen molar-refractivity contribution in [3.63, 3.8) is 0 Å². The highest BCUT2D eigenvalue weighted by Gasteiger charge is 2.19. The molecule has 0 saturated carbocycles. The highest BCUT2D eigenvalue weighted by atomic mass is 79.9. The number of anilines is 4. The largest absolute Gasteiger partial charge is 0.397 e. The van der Waals surface area contributed by atoms with Gasteiger partial charge < -0.3 is 22.9 Å². The summed E-state index contributed by atoms with van der Waals surface area (Å²) in [5, 5.41) is 0. The topological polar surface area (TPSA) is 190 Å². The van der Waals surface area contributed by atoms with Crippen LogP contribution in [-0.2, 0) is 0 Å². The van der Waals surface area contributed by atoms with E-state index in [1.807, 2.05) is 84.9 Å². The van der Waals surface area contributed by atoms with Crippen LogP contribution in [0.4, 0.5) is 22.7 Å². The fourth-order valence-corrected chi connectivity index (χ4v) is 10.3. The van der Waals surface area contributed by atoms with Gasteiger partial charge >= 0.3 is 0 Å². The van der Waals surface area contributed by atoms with Crippen molar-refractivity contribution in [1.29, 1.82) is 0 Å². The zero-order valence-corrected chi connectivity index (χ0v) is 52.5. The van der Waals surface area contributed by atoms with Crippen LogP contribution in [0, 0.1) is 0 Å². The van der Waals surface area contributed by atoms with Crippen LogP contribution < -0.4 is 22.9 Å². The number of Topliss-reactive ketones (excluding diaryl/α,β-unsaturated/α-hetero) is 2. The van der Waals surface area contributed by atoms with E-state index in [9.17, 15) is 9.59 Å². The number of carbonyl (C=O) groups is 2. The molecule has 0 saturated heterocycles. The Bertz CT molecular complexity index is 4060. The highest BCUT2D eigenvalue weighted by Crippen LogP contribution is 2.37. The lowest BCUT2D eigenvalue weighted by atomic mass is 10.0. The van der Waals surface area contributed by atoms with Gasteiger partial charge in [-0.1, -0.05) is 168 Å². The van der Waals surface area contributed by atoms with Crippen molar-refractivity contribution in [2.45, 2.75) is 0 Å². The Balaban J connectivity index is 0.000000180. The van der Waals surface area contributed by atoms with Crippen molar-refractivity contribution in [3.05, 3.63) is 256 Å². The normalized spacial score (nSPS) is 10.9. The number of aromatic nitrogens is 4. The summed E-state index contributed by atoms with van der Waals surface area (Å²) in [6.07, 6.45) is 0. The molecule has 10 nitrogen and oxygen atoms in total. The number of hydrogen-bond donors (Lipinski definition) is 4. The van der Waals surface area contributed by atoms with Gasteiger partial charge in [-0.3, -0.25) is 9.59 Å². The van der Waals surface area contributed by atoms with Crippen LogP contribution in [0.2, 0.25) is 0 Å². The van der Waals surface area contributed by atoms with Gasteiger partial charge in [0.1, 0.15) is 0 Å². The van der Waals surface area contributed by atoms with Crippen LogP contribution in [0.15, 0.2) is 245 Å². The van der Waals surface area contributed by atoms with Gasteiger partial charge in [0.05, 0.1) is 67.6 Å². The number of rotatable bonds is 9. The molecule has 0 aliphatic heterocycles. The van der Waals surface area contributed by atoms with E-state index in [-0.39, 0.29) is 0 Å². The molecule has 0 aliphatic rings. The van der Waals surface area contributed by atoms with Crippen LogP contribution in [0.1, 0.15) is 20.7 Å². The minimum absolute atomic E-state index is 0.395. The zero-order valence-electron chi connectivity index (χ0n) is 43.0. The molecule has 8 N–H and O–H groups in total. The lowest BCUT2D eigenvalue weighted by Gasteiger charge is -2.13. The van der Waals surface area contributed by atoms with E-state index in [1.165, 1.54) is 0 Å². The van der Waals surface area contributed by atoms with E-state index in [1.54, 1.807) is 60.7 Å². The summed E-state index contributed by atoms with van der Waals surface area (Å²) in [4.78, 5) is 44.6. The number of fused-ring (bicyclic) bond motifs is 2. The number of nitrogens with two attached hydrogens (primary N) is 4. The summed E-state index contributed by atoms with van der Waals surface area (Å²) in [6.45, 7) is 0. The molecule has 10 aromatic carbocycles. The molecule has 0 unspecified atom stereocenters.